The Morgan fingerprint density at radius 2 is 2.05 bits per heavy atom. The molecule has 0 aliphatic carbocycles. The van der Waals surface area contributed by atoms with Gasteiger partial charge >= 0.3 is 12.1 Å². The second-order valence-electron chi connectivity index (χ2n) is 3.91. The maximum absolute atomic E-state index is 11.8. The predicted molar refractivity (Wildman–Crippen MR) is 74.1 cm³/mol. The molecule has 0 bridgehead atoms. The zero-order chi connectivity index (χ0) is 14.5. The monoisotopic (exact) mass is 292 g/mol. The SMILES string of the molecule is CN(C(=O)OCc1ccccc1)c1ncc(C(=O)O)s1. The topological polar surface area (TPSA) is 79.7 Å². The number of anilines is 1. The molecule has 0 saturated carbocycles. The Morgan fingerprint density at radius 1 is 1.35 bits per heavy atom. The lowest BCUT2D eigenvalue weighted by molar-refractivity contribution is 0.0702. The first-order valence-electron chi connectivity index (χ1n) is 5.71. The van der Waals surface area contributed by atoms with Crippen molar-refractivity contribution in [2.75, 3.05) is 11.9 Å². The van der Waals surface area contributed by atoms with Gasteiger partial charge in [-0.3, -0.25) is 4.90 Å². The third-order valence-electron chi connectivity index (χ3n) is 2.47. The fourth-order valence-electron chi connectivity index (χ4n) is 1.41. The summed E-state index contributed by atoms with van der Waals surface area (Å²) in [5.41, 5.74) is 0.875. The minimum absolute atomic E-state index is 0.0720. The highest BCUT2D eigenvalue weighted by Gasteiger charge is 2.18. The van der Waals surface area contributed by atoms with E-state index in [1.165, 1.54) is 18.1 Å². The van der Waals surface area contributed by atoms with Crippen molar-refractivity contribution in [1.82, 2.24) is 4.98 Å². The zero-order valence-electron chi connectivity index (χ0n) is 10.6. The number of aromatic carboxylic acids is 1. The van der Waals surface area contributed by atoms with Crippen LogP contribution in [0.25, 0.3) is 0 Å². The highest BCUT2D eigenvalue weighted by Crippen LogP contribution is 2.22. The van der Waals surface area contributed by atoms with Crippen molar-refractivity contribution in [2.45, 2.75) is 6.61 Å². The van der Waals surface area contributed by atoms with Gasteiger partial charge in [-0.1, -0.05) is 41.7 Å². The van der Waals surface area contributed by atoms with E-state index in [1.807, 2.05) is 30.3 Å². The van der Waals surface area contributed by atoms with Crippen LogP contribution in [0.15, 0.2) is 36.5 Å². The molecule has 1 N–H and O–H groups in total. The van der Waals surface area contributed by atoms with Gasteiger partial charge < -0.3 is 9.84 Å². The number of benzene rings is 1. The fraction of sp³-hybridized carbons (Fsp3) is 0.154. The van der Waals surface area contributed by atoms with E-state index >= 15 is 0 Å². The summed E-state index contributed by atoms with van der Waals surface area (Å²) < 4.78 is 5.12. The number of hydrogen-bond donors (Lipinski definition) is 1. The lowest BCUT2D eigenvalue weighted by Gasteiger charge is -2.13. The van der Waals surface area contributed by atoms with Gasteiger partial charge in [0.1, 0.15) is 11.5 Å². The molecule has 1 aromatic heterocycles. The van der Waals surface area contributed by atoms with Crippen LogP contribution in [0.1, 0.15) is 15.2 Å². The lowest BCUT2D eigenvalue weighted by Crippen LogP contribution is -2.26. The number of nitrogens with zero attached hydrogens (tertiary/aromatic N) is 2. The van der Waals surface area contributed by atoms with E-state index in [4.69, 9.17) is 9.84 Å². The Labute approximate surface area is 119 Å². The van der Waals surface area contributed by atoms with E-state index in [0.29, 0.717) is 0 Å². The van der Waals surface area contributed by atoms with E-state index < -0.39 is 12.1 Å². The summed E-state index contributed by atoms with van der Waals surface area (Å²) in [6.07, 6.45) is 0.628. The van der Waals surface area contributed by atoms with Gasteiger partial charge in [0.05, 0.1) is 6.20 Å². The molecule has 1 aromatic carbocycles. The van der Waals surface area contributed by atoms with Gasteiger partial charge in [-0.25, -0.2) is 14.6 Å². The number of rotatable bonds is 4. The van der Waals surface area contributed by atoms with Gasteiger partial charge in [0.2, 0.25) is 0 Å². The maximum Gasteiger partial charge on any atom is 0.416 e. The van der Waals surface area contributed by atoms with Crippen LogP contribution in [0.3, 0.4) is 0 Å². The fourth-order valence-corrected chi connectivity index (χ4v) is 2.12. The average molecular weight is 292 g/mol. The summed E-state index contributed by atoms with van der Waals surface area (Å²) in [7, 11) is 1.48. The van der Waals surface area contributed by atoms with Crippen molar-refractivity contribution in [1.29, 1.82) is 0 Å². The Balaban J connectivity index is 1.96. The molecule has 1 heterocycles. The van der Waals surface area contributed by atoms with E-state index in [1.54, 1.807) is 0 Å². The molecule has 20 heavy (non-hydrogen) atoms. The van der Waals surface area contributed by atoms with E-state index in [9.17, 15) is 9.59 Å². The molecular weight excluding hydrogens is 280 g/mol. The number of hydrogen-bond acceptors (Lipinski definition) is 5. The van der Waals surface area contributed by atoms with Gasteiger partial charge in [0, 0.05) is 7.05 Å². The number of carboxylic acid groups (broad SMARTS) is 1. The summed E-state index contributed by atoms with van der Waals surface area (Å²) in [5.74, 6) is -1.07. The quantitative estimate of drug-likeness (QED) is 0.937. The van der Waals surface area contributed by atoms with Crippen molar-refractivity contribution in [2.24, 2.45) is 0 Å². The van der Waals surface area contributed by atoms with Crippen molar-refractivity contribution in [3.05, 3.63) is 47.0 Å². The number of aromatic nitrogens is 1. The summed E-state index contributed by atoms with van der Waals surface area (Å²) in [6.45, 7) is 0.154. The van der Waals surface area contributed by atoms with Gasteiger partial charge in [0.25, 0.3) is 0 Å². The van der Waals surface area contributed by atoms with Crippen LogP contribution >= 0.6 is 11.3 Å². The molecule has 0 aliphatic heterocycles. The second kappa shape index (κ2) is 6.16. The van der Waals surface area contributed by atoms with Crippen LogP contribution in [0.5, 0.6) is 0 Å². The number of amides is 1. The molecule has 2 aromatic rings. The largest absolute Gasteiger partial charge is 0.477 e. The number of thiazole rings is 1. The molecule has 0 aliphatic rings. The highest BCUT2D eigenvalue weighted by molar-refractivity contribution is 7.17. The molecule has 2 rings (SSSR count). The zero-order valence-corrected chi connectivity index (χ0v) is 11.5. The molecule has 7 heteroatoms. The number of ether oxygens (including phenoxy) is 1. The third kappa shape index (κ3) is 3.33. The summed E-state index contributed by atoms with van der Waals surface area (Å²) >= 11 is 0.914. The van der Waals surface area contributed by atoms with Crippen molar-refractivity contribution in [3.63, 3.8) is 0 Å². The number of carbonyl (C=O) groups excluding carboxylic acids is 1. The lowest BCUT2D eigenvalue weighted by atomic mass is 10.2. The van der Waals surface area contributed by atoms with Gasteiger partial charge in [-0.05, 0) is 5.56 Å². The first kappa shape index (κ1) is 14.0. The van der Waals surface area contributed by atoms with Gasteiger partial charge in [-0.15, -0.1) is 0 Å². The van der Waals surface area contributed by atoms with Crippen LogP contribution < -0.4 is 4.90 Å². The molecular formula is C13H12N2O4S. The summed E-state index contributed by atoms with van der Waals surface area (Å²) in [4.78, 5) is 27.7. The van der Waals surface area contributed by atoms with Crippen LogP contribution in [0.4, 0.5) is 9.93 Å². The van der Waals surface area contributed by atoms with Crippen LogP contribution in [0.2, 0.25) is 0 Å². The van der Waals surface area contributed by atoms with E-state index in [2.05, 4.69) is 4.98 Å². The molecule has 0 atom stereocenters. The molecule has 0 fully saturated rings. The van der Waals surface area contributed by atoms with Gasteiger partial charge in [0.15, 0.2) is 5.13 Å². The first-order valence-corrected chi connectivity index (χ1v) is 6.53. The van der Waals surface area contributed by atoms with Crippen molar-refractivity contribution < 1.29 is 19.4 Å². The van der Waals surface area contributed by atoms with Gasteiger partial charge in [-0.2, -0.15) is 0 Å². The molecule has 0 unspecified atom stereocenters. The highest BCUT2D eigenvalue weighted by atomic mass is 32.1. The smallest absolute Gasteiger partial charge is 0.416 e. The molecule has 6 nitrogen and oxygen atoms in total. The van der Waals surface area contributed by atoms with Crippen LogP contribution in [-0.4, -0.2) is 29.2 Å². The second-order valence-corrected chi connectivity index (χ2v) is 4.92. The standard InChI is InChI=1S/C13H12N2O4S/c1-15(12-14-7-10(20-12)11(16)17)13(18)19-8-9-5-3-2-4-6-9/h2-7H,8H2,1H3,(H,16,17). The predicted octanol–water partition coefficient (Wildman–Crippen LogP) is 2.61. The first-order chi connectivity index (χ1) is 9.58. The Hall–Kier alpha value is -2.41. The summed E-state index contributed by atoms with van der Waals surface area (Å²) in [5, 5.41) is 9.08. The van der Waals surface area contributed by atoms with Crippen LogP contribution in [0, 0.1) is 0 Å². The molecule has 1 amide bonds. The molecule has 104 valence electrons. The van der Waals surface area contributed by atoms with E-state index in [-0.39, 0.29) is 16.6 Å². The van der Waals surface area contributed by atoms with Crippen LogP contribution in [-0.2, 0) is 11.3 Å². The number of carboxylic acids is 1. The van der Waals surface area contributed by atoms with E-state index in [0.717, 1.165) is 16.9 Å². The van der Waals surface area contributed by atoms with Crippen molar-refractivity contribution in [3.8, 4) is 0 Å². The van der Waals surface area contributed by atoms with Crippen molar-refractivity contribution >= 4 is 28.5 Å². The molecule has 0 radical (unpaired) electrons. The maximum atomic E-state index is 11.8. The Bertz CT molecular complexity index is 612. The Kier molecular flexibility index (Phi) is 4.31. The molecule has 0 spiro atoms. The minimum Gasteiger partial charge on any atom is -0.477 e. The normalized spacial score (nSPS) is 10.1. The third-order valence-corrected chi connectivity index (χ3v) is 3.53. The molecule has 0 saturated heterocycles. The minimum atomic E-state index is -1.07. The average Bonchev–Trinajstić information content (AvgIpc) is 2.95. The Morgan fingerprint density at radius 3 is 2.65 bits per heavy atom. The summed E-state index contributed by atoms with van der Waals surface area (Å²) in [6, 6.07) is 9.28. The number of carbonyl (C=O) groups is 2.